The predicted molar refractivity (Wildman–Crippen MR) is 134 cm³/mol. The van der Waals surface area contributed by atoms with E-state index >= 15 is 0 Å². The fraction of sp³-hybridized carbons (Fsp3) is 0.179. The molecule has 176 valence electrons. The van der Waals surface area contributed by atoms with Crippen molar-refractivity contribution in [3.63, 3.8) is 0 Å². The van der Waals surface area contributed by atoms with Gasteiger partial charge in [-0.25, -0.2) is 9.07 Å². The number of benzene rings is 3. The van der Waals surface area contributed by atoms with Crippen molar-refractivity contribution in [2.75, 3.05) is 31.1 Å². The summed E-state index contributed by atoms with van der Waals surface area (Å²) in [6.45, 7) is 3.31. The molecule has 0 aliphatic carbocycles. The summed E-state index contributed by atoms with van der Waals surface area (Å²) in [5.41, 5.74) is 3.76. The summed E-state index contributed by atoms with van der Waals surface area (Å²) in [4.78, 5) is 28.8. The number of hydrogen-bond donors (Lipinski definition) is 0. The molecule has 0 unspecified atom stereocenters. The van der Waals surface area contributed by atoms with Crippen LogP contribution in [0, 0.1) is 5.82 Å². The van der Waals surface area contributed by atoms with Crippen molar-refractivity contribution in [3.05, 3.63) is 102 Å². The first-order valence-corrected chi connectivity index (χ1v) is 11.6. The summed E-state index contributed by atoms with van der Waals surface area (Å²) in [5.74, 6) is -0.710. The number of ketones is 1. The Labute approximate surface area is 203 Å². The Morgan fingerprint density at radius 2 is 1.49 bits per heavy atom. The van der Waals surface area contributed by atoms with E-state index in [9.17, 15) is 14.0 Å². The highest BCUT2D eigenvalue weighted by Gasteiger charge is 2.27. The number of carbonyl (C=O) groups is 2. The van der Waals surface area contributed by atoms with Crippen LogP contribution >= 0.6 is 0 Å². The smallest absolute Gasteiger partial charge is 0.272 e. The first-order valence-electron chi connectivity index (χ1n) is 11.6. The largest absolute Gasteiger partial charge is 0.366 e. The van der Waals surface area contributed by atoms with Crippen LogP contribution < -0.4 is 4.90 Å². The lowest BCUT2D eigenvalue weighted by Gasteiger charge is -2.36. The molecule has 0 atom stereocenters. The first kappa shape index (κ1) is 22.5. The molecule has 0 N–H and O–H groups in total. The van der Waals surface area contributed by atoms with Crippen LogP contribution in [0.4, 0.5) is 10.1 Å². The molecule has 1 aromatic heterocycles. The Bertz CT molecular complexity index is 1360. The molecule has 0 radical (unpaired) electrons. The molecule has 5 rings (SSSR count). The van der Waals surface area contributed by atoms with E-state index in [1.54, 1.807) is 21.7 Å². The van der Waals surface area contributed by atoms with Crippen LogP contribution in [0.2, 0.25) is 0 Å². The van der Waals surface area contributed by atoms with Gasteiger partial charge >= 0.3 is 0 Å². The van der Waals surface area contributed by atoms with Crippen molar-refractivity contribution < 1.29 is 14.0 Å². The average Bonchev–Trinajstić information content (AvgIpc) is 3.35. The second-order valence-corrected chi connectivity index (χ2v) is 8.53. The van der Waals surface area contributed by atoms with Gasteiger partial charge < -0.3 is 9.80 Å². The lowest BCUT2D eigenvalue weighted by molar-refractivity contribution is 0.0737. The highest BCUT2D eigenvalue weighted by molar-refractivity contribution is 5.95. The second-order valence-electron chi connectivity index (χ2n) is 8.53. The molecule has 6 nitrogen and oxygen atoms in total. The second kappa shape index (κ2) is 9.54. The first-order chi connectivity index (χ1) is 17.0. The number of amides is 1. The molecule has 4 aromatic rings. The number of nitrogens with zero attached hydrogens (tertiary/aromatic N) is 4. The van der Waals surface area contributed by atoms with Crippen LogP contribution in [0.1, 0.15) is 27.8 Å². The molecule has 1 saturated heterocycles. The molecular formula is C28H25FN4O2. The van der Waals surface area contributed by atoms with E-state index in [4.69, 9.17) is 5.10 Å². The summed E-state index contributed by atoms with van der Waals surface area (Å²) in [6, 6.07) is 25.8. The van der Waals surface area contributed by atoms with Gasteiger partial charge in [-0.1, -0.05) is 48.5 Å². The van der Waals surface area contributed by atoms with Gasteiger partial charge in [0.15, 0.2) is 5.78 Å². The fourth-order valence-corrected chi connectivity index (χ4v) is 4.34. The number of piperazine rings is 1. The van der Waals surface area contributed by atoms with E-state index in [0.717, 1.165) is 16.9 Å². The summed E-state index contributed by atoms with van der Waals surface area (Å²) >= 11 is 0. The number of rotatable bonds is 5. The minimum Gasteiger partial charge on any atom is -0.366 e. The molecule has 1 aliphatic rings. The van der Waals surface area contributed by atoms with Crippen molar-refractivity contribution in [2.45, 2.75) is 6.92 Å². The normalized spacial score (nSPS) is 13.7. The van der Waals surface area contributed by atoms with Gasteiger partial charge in [0.05, 0.1) is 17.1 Å². The Morgan fingerprint density at radius 1 is 0.829 bits per heavy atom. The van der Waals surface area contributed by atoms with Gasteiger partial charge in [0, 0.05) is 37.3 Å². The third-order valence-corrected chi connectivity index (χ3v) is 6.26. The zero-order chi connectivity index (χ0) is 24.4. The van der Waals surface area contributed by atoms with E-state index < -0.39 is 5.82 Å². The number of hydrogen-bond acceptors (Lipinski definition) is 4. The van der Waals surface area contributed by atoms with E-state index in [1.165, 1.54) is 13.0 Å². The van der Waals surface area contributed by atoms with Crippen LogP contribution in [-0.2, 0) is 0 Å². The van der Waals surface area contributed by atoms with Crippen molar-refractivity contribution in [2.24, 2.45) is 0 Å². The number of para-hydroxylation sites is 1. The molecule has 35 heavy (non-hydrogen) atoms. The van der Waals surface area contributed by atoms with Gasteiger partial charge in [0.25, 0.3) is 5.91 Å². The molecule has 1 aliphatic heterocycles. The molecule has 3 aromatic carbocycles. The van der Waals surface area contributed by atoms with Crippen molar-refractivity contribution in [1.82, 2.24) is 14.7 Å². The highest BCUT2D eigenvalue weighted by Crippen LogP contribution is 2.25. The zero-order valence-electron chi connectivity index (χ0n) is 19.4. The Morgan fingerprint density at radius 3 is 2.11 bits per heavy atom. The number of aromatic nitrogens is 2. The predicted octanol–water partition coefficient (Wildman–Crippen LogP) is 4.84. The SMILES string of the molecule is CC(=O)c1ccc(N2CCN(C(=O)c3cc(-c4ccccc4)nn3-c3ccccc3)CC2)c(F)c1. The molecule has 0 saturated carbocycles. The minimum absolute atomic E-state index is 0.115. The van der Waals surface area contributed by atoms with E-state index in [1.807, 2.05) is 71.6 Å². The van der Waals surface area contributed by atoms with Crippen molar-refractivity contribution in [1.29, 1.82) is 0 Å². The number of anilines is 1. The average molecular weight is 469 g/mol. The van der Waals surface area contributed by atoms with E-state index in [2.05, 4.69) is 0 Å². The summed E-state index contributed by atoms with van der Waals surface area (Å²) in [7, 11) is 0. The van der Waals surface area contributed by atoms with Crippen LogP contribution in [0.5, 0.6) is 0 Å². The molecule has 1 amide bonds. The maximum Gasteiger partial charge on any atom is 0.272 e. The lowest BCUT2D eigenvalue weighted by atomic mass is 10.1. The van der Waals surface area contributed by atoms with E-state index in [-0.39, 0.29) is 11.7 Å². The number of Topliss-reactive ketones (excluding diaryl/α,β-unsaturated/α-hetero) is 1. The minimum atomic E-state index is -0.424. The van der Waals surface area contributed by atoms with Gasteiger partial charge in [-0.15, -0.1) is 0 Å². The fourth-order valence-electron chi connectivity index (χ4n) is 4.34. The molecule has 1 fully saturated rings. The topological polar surface area (TPSA) is 58.4 Å². The summed E-state index contributed by atoms with van der Waals surface area (Å²) in [6.07, 6.45) is 0. The lowest BCUT2D eigenvalue weighted by Crippen LogP contribution is -2.49. The van der Waals surface area contributed by atoms with Crippen LogP contribution in [0.3, 0.4) is 0 Å². The van der Waals surface area contributed by atoms with Crippen LogP contribution in [0.25, 0.3) is 16.9 Å². The van der Waals surface area contributed by atoms with Crippen LogP contribution in [-0.4, -0.2) is 52.5 Å². The zero-order valence-corrected chi connectivity index (χ0v) is 19.4. The van der Waals surface area contributed by atoms with Gasteiger partial charge in [0.2, 0.25) is 0 Å². The molecule has 2 heterocycles. The number of halogens is 1. The van der Waals surface area contributed by atoms with Gasteiger partial charge in [-0.2, -0.15) is 5.10 Å². The van der Waals surface area contributed by atoms with Crippen molar-refractivity contribution in [3.8, 4) is 16.9 Å². The summed E-state index contributed by atoms with van der Waals surface area (Å²) in [5, 5.41) is 4.74. The quantitative estimate of drug-likeness (QED) is 0.393. The van der Waals surface area contributed by atoms with Crippen molar-refractivity contribution >= 4 is 17.4 Å². The third-order valence-electron chi connectivity index (χ3n) is 6.26. The number of carbonyl (C=O) groups excluding carboxylic acids is 2. The molecule has 0 spiro atoms. The Balaban J connectivity index is 1.38. The Kier molecular flexibility index (Phi) is 6.14. The van der Waals surface area contributed by atoms with Gasteiger partial charge in [-0.05, 0) is 43.3 Å². The molecule has 7 heteroatoms. The molecular weight excluding hydrogens is 443 g/mol. The maximum atomic E-state index is 14.6. The maximum absolute atomic E-state index is 14.6. The molecule has 0 bridgehead atoms. The third kappa shape index (κ3) is 4.57. The highest BCUT2D eigenvalue weighted by atomic mass is 19.1. The standard InChI is InChI=1S/C28H25FN4O2/c1-20(34)22-12-13-26(24(29)18-22)31-14-16-32(17-15-31)28(35)27-19-25(21-8-4-2-5-9-21)30-33(27)23-10-6-3-7-11-23/h2-13,18-19H,14-17H2,1H3. The van der Waals surface area contributed by atoms with Gasteiger partial charge in [0.1, 0.15) is 11.5 Å². The van der Waals surface area contributed by atoms with Gasteiger partial charge in [-0.3, -0.25) is 9.59 Å². The van der Waals surface area contributed by atoms with E-state index in [0.29, 0.717) is 43.1 Å². The van der Waals surface area contributed by atoms with Crippen LogP contribution in [0.15, 0.2) is 84.9 Å². The summed E-state index contributed by atoms with van der Waals surface area (Å²) < 4.78 is 16.3. The Hall–Kier alpha value is -4.26. The monoisotopic (exact) mass is 468 g/mol.